The van der Waals surface area contributed by atoms with E-state index in [1.807, 2.05) is 53.4 Å². The van der Waals surface area contributed by atoms with Crippen LogP contribution in [0.25, 0.3) is 0 Å². The molecule has 2 aromatic heterocycles. The Morgan fingerprint density at radius 2 is 1.50 bits per heavy atom. The standard InChI is InChI=1S/C22H25BN4O/c23-12-11-18-7-9-19(10-8-18)26-22(28)17-27(15-20-5-1-3-13-24-20)16-21-6-2-4-14-25-21/h1-10,13-14H,11-12,15-17,23H2,(H,26,28). The molecule has 28 heavy (non-hydrogen) atoms. The first-order valence-corrected chi connectivity index (χ1v) is 9.64. The van der Waals surface area contributed by atoms with Crippen LogP contribution in [-0.4, -0.2) is 35.2 Å². The number of rotatable bonds is 9. The zero-order valence-corrected chi connectivity index (χ0v) is 16.2. The van der Waals surface area contributed by atoms with Gasteiger partial charge in [-0.05, 0) is 48.4 Å². The molecule has 0 aliphatic rings. The normalized spacial score (nSPS) is 10.8. The fourth-order valence-corrected chi connectivity index (χ4v) is 3.06. The Kier molecular flexibility index (Phi) is 7.32. The predicted octanol–water partition coefficient (Wildman–Crippen LogP) is 2.71. The molecule has 0 saturated carbocycles. The summed E-state index contributed by atoms with van der Waals surface area (Å²) >= 11 is 0. The van der Waals surface area contributed by atoms with Crippen molar-refractivity contribution in [2.45, 2.75) is 25.8 Å². The van der Waals surface area contributed by atoms with E-state index in [9.17, 15) is 4.79 Å². The summed E-state index contributed by atoms with van der Waals surface area (Å²) in [7, 11) is 2.16. The second kappa shape index (κ2) is 10.4. The number of aromatic nitrogens is 2. The van der Waals surface area contributed by atoms with E-state index in [1.54, 1.807) is 12.4 Å². The van der Waals surface area contributed by atoms with Crippen molar-refractivity contribution in [1.82, 2.24) is 14.9 Å². The number of carbonyl (C=O) groups excluding carboxylic acids is 1. The van der Waals surface area contributed by atoms with E-state index in [0.717, 1.165) is 29.8 Å². The number of hydrogen-bond donors (Lipinski definition) is 1. The third-order valence-electron chi connectivity index (χ3n) is 4.37. The van der Waals surface area contributed by atoms with Gasteiger partial charge in [0.2, 0.25) is 5.91 Å². The Morgan fingerprint density at radius 3 is 2.00 bits per heavy atom. The first-order valence-electron chi connectivity index (χ1n) is 9.64. The molecule has 0 aliphatic carbocycles. The summed E-state index contributed by atoms with van der Waals surface area (Å²) in [5.74, 6) is -0.0462. The minimum Gasteiger partial charge on any atom is -0.325 e. The average molecular weight is 372 g/mol. The number of benzene rings is 1. The number of aryl methyl sites for hydroxylation is 1. The van der Waals surface area contributed by atoms with Crippen molar-refractivity contribution in [2.24, 2.45) is 0 Å². The van der Waals surface area contributed by atoms with Crippen molar-refractivity contribution >= 4 is 19.4 Å². The highest BCUT2D eigenvalue weighted by molar-refractivity contribution is 6.08. The van der Waals surface area contributed by atoms with E-state index in [2.05, 4.69) is 35.3 Å². The minimum absolute atomic E-state index is 0.0462. The Morgan fingerprint density at radius 1 is 0.893 bits per heavy atom. The molecule has 3 aromatic rings. The van der Waals surface area contributed by atoms with Gasteiger partial charge in [0.15, 0.2) is 0 Å². The molecule has 5 nitrogen and oxygen atoms in total. The highest BCUT2D eigenvalue weighted by Crippen LogP contribution is 2.12. The van der Waals surface area contributed by atoms with Crippen LogP contribution in [0.2, 0.25) is 6.32 Å². The molecule has 3 rings (SSSR count). The molecule has 0 unspecified atom stereocenters. The monoisotopic (exact) mass is 372 g/mol. The molecule has 0 aliphatic heterocycles. The van der Waals surface area contributed by atoms with E-state index in [0.29, 0.717) is 13.1 Å². The van der Waals surface area contributed by atoms with Crippen LogP contribution in [0.4, 0.5) is 5.69 Å². The van der Waals surface area contributed by atoms with Crippen LogP contribution >= 0.6 is 0 Å². The van der Waals surface area contributed by atoms with Gasteiger partial charge in [0, 0.05) is 31.2 Å². The van der Waals surface area contributed by atoms with Gasteiger partial charge in [-0.15, -0.1) is 0 Å². The Balaban J connectivity index is 1.64. The summed E-state index contributed by atoms with van der Waals surface area (Å²) in [5.41, 5.74) is 3.96. The minimum atomic E-state index is -0.0462. The summed E-state index contributed by atoms with van der Waals surface area (Å²) in [6.07, 6.45) is 5.70. The van der Waals surface area contributed by atoms with Crippen LogP contribution in [0, 0.1) is 0 Å². The molecule has 0 saturated heterocycles. The quantitative estimate of drug-likeness (QED) is 0.587. The molecular weight excluding hydrogens is 347 g/mol. The molecule has 0 atom stereocenters. The lowest BCUT2D eigenvalue weighted by molar-refractivity contribution is -0.117. The van der Waals surface area contributed by atoms with Crippen molar-refractivity contribution in [3.63, 3.8) is 0 Å². The topological polar surface area (TPSA) is 58.1 Å². The maximum absolute atomic E-state index is 12.6. The molecule has 0 radical (unpaired) electrons. The Hall–Kier alpha value is -2.99. The van der Waals surface area contributed by atoms with Crippen molar-refractivity contribution < 1.29 is 4.79 Å². The summed E-state index contributed by atoms with van der Waals surface area (Å²) in [6.45, 7) is 1.43. The lowest BCUT2D eigenvalue weighted by Crippen LogP contribution is -2.33. The number of nitrogens with one attached hydrogen (secondary N) is 1. The van der Waals surface area contributed by atoms with E-state index in [1.165, 1.54) is 5.56 Å². The molecule has 6 heteroatoms. The van der Waals surface area contributed by atoms with Gasteiger partial charge in [-0.25, -0.2) is 0 Å². The molecule has 2 heterocycles. The number of anilines is 1. The van der Waals surface area contributed by atoms with E-state index >= 15 is 0 Å². The largest absolute Gasteiger partial charge is 0.325 e. The SMILES string of the molecule is BCCc1ccc(NC(=O)CN(Cc2ccccn2)Cc2ccccn2)cc1. The lowest BCUT2D eigenvalue weighted by atomic mass is 9.97. The first kappa shape index (κ1) is 19.8. The van der Waals surface area contributed by atoms with E-state index in [4.69, 9.17) is 0 Å². The molecule has 1 N–H and O–H groups in total. The summed E-state index contributed by atoms with van der Waals surface area (Å²) in [4.78, 5) is 23.4. The van der Waals surface area contributed by atoms with Crippen molar-refractivity contribution in [1.29, 1.82) is 0 Å². The maximum Gasteiger partial charge on any atom is 0.238 e. The zero-order chi connectivity index (χ0) is 19.6. The van der Waals surface area contributed by atoms with Crippen LogP contribution in [0.5, 0.6) is 0 Å². The van der Waals surface area contributed by atoms with Gasteiger partial charge in [0.05, 0.1) is 17.9 Å². The third kappa shape index (κ3) is 6.32. The Bertz CT molecular complexity index is 815. The first-order chi connectivity index (χ1) is 13.7. The summed E-state index contributed by atoms with van der Waals surface area (Å²) in [6, 6.07) is 19.7. The maximum atomic E-state index is 12.6. The van der Waals surface area contributed by atoms with Crippen molar-refractivity contribution in [3.05, 3.63) is 90.0 Å². The number of nitrogens with zero attached hydrogens (tertiary/aromatic N) is 3. The van der Waals surface area contributed by atoms with Gasteiger partial charge < -0.3 is 5.32 Å². The van der Waals surface area contributed by atoms with Crippen LogP contribution in [0.3, 0.4) is 0 Å². The molecule has 142 valence electrons. The van der Waals surface area contributed by atoms with Crippen LogP contribution < -0.4 is 5.32 Å². The number of pyridine rings is 2. The third-order valence-corrected chi connectivity index (χ3v) is 4.37. The highest BCUT2D eigenvalue weighted by Gasteiger charge is 2.13. The predicted molar refractivity (Wildman–Crippen MR) is 115 cm³/mol. The van der Waals surface area contributed by atoms with Gasteiger partial charge in [0.1, 0.15) is 7.85 Å². The molecule has 1 amide bonds. The highest BCUT2D eigenvalue weighted by atomic mass is 16.2. The molecule has 0 fully saturated rings. The average Bonchev–Trinajstić information content (AvgIpc) is 2.71. The van der Waals surface area contributed by atoms with Crippen LogP contribution in [0.15, 0.2) is 73.1 Å². The molecule has 0 bridgehead atoms. The van der Waals surface area contributed by atoms with E-state index in [-0.39, 0.29) is 12.5 Å². The fraction of sp³-hybridized carbons (Fsp3) is 0.227. The number of hydrogen-bond acceptors (Lipinski definition) is 4. The van der Waals surface area contributed by atoms with Crippen molar-refractivity contribution in [2.75, 3.05) is 11.9 Å². The smallest absolute Gasteiger partial charge is 0.238 e. The van der Waals surface area contributed by atoms with Gasteiger partial charge in [-0.2, -0.15) is 0 Å². The zero-order valence-electron chi connectivity index (χ0n) is 16.2. The Labute approximate surface area is 167 Å². The van der Waals surface area contributed by atoms with Crippen LogP contribution in [-0.2, 0) is 24.3 Å². The lowest BCUT2D eigenvalue weighted by Gasteiger charge is -2.21. The van der Waals surface area contributed by atoms with Crippen molar-refractivity contribution in [3.8, 4) is 0 Å². The fourth-order valence-electron chi connectivity index (χ4n) is 3.06. The van der Waals surface area contributed by atoms with Gasteiger partial charge in [-0.3, -0.25) is 19.7 Å². The molecular formula is C22H25BN4O. The van der Waals surface area contributed by atoms with Gasteiger partial charge in [-0.1, -0.05) is 30.6 Å². The molecule has 1 aromatic carbocycles. The van der Waals surface area contributed by atoms with E-state index < -0.39 is 0 Å². The second-order valence-corrected chi connectivity index (χ2v) is 6.78. The number of carbonyl (C=O) groups is 1. The summed E-state index contributed by atoms with van der Waals surface area (Å²) in [5, 5.41) is 2.99. The molecule has 0 spiro atoms. The van der Waals surface area contributed by atoms with Gasteiger partial charge in [0.25, 0.3) is 0 Å². The van der Waals surface area contributed by atoms with Crippen LogP contribution in [0.1, 0.15) is 17.0 Å². The summed E-state index contributed by atoms with van der Waals surface area (Å²) < 4.78 is 0. The second-order valence-electron chi connectivity index (χ2n) is 6.78. The number of amides is 1. The van der Waals surface area contributed by atoms with Gasteiger partial charge >= 0.3 is 0 Å².